The summed E-state index contributed by atoms with van der Waals surface area (Å²) >= 11 is 0. The van der Waals surface area contributed by atoms with Crippen molar-refractivity contribution >= 4 is 5.97 Å². The van der Waals surface area contributed by atoms with E-state index < -0.39 is 11.6 Å². The van der Waals surface area contributed by atoms with E-state index in [-0.39, 0.29) is 0 Å². The van der Waals surface area contributed by atoms with Crippen LogP contribution in [0, 0.1) is 11.8 Å². The highest BCUT2D eigenvalue weighted by Gasteiger charge is 2.17. The molecule has 0 amide bonds. The number of carbonyl (C=O) groups is 1. The molecule has 1 aromatic carbocycles. The average Bonchev–Trinajstić information content (AvgIpc) is 2.16. The van der Waals surface area contributed by atoms with E-state index in [1.807, 2.05) is 36.3 Å². The Bertz CT molecular complexity index is 396. The largest absolute Gasteiger partial charge is 0.472 e. The van der Waals surface area contributed by atoms with Gasteiger partial charge in [0.1, 0.15) is 5.60 Å². The number of hydrogen-bond acceptors (Lipinski definition) is 2. The van der Waals surface area contributed by atoms with Gasteiger partial charge < -0.3 is 10.2 Å². The summed E-state index contributed by atoms with van der Waals surface area (Å²) in [6.45, 7) is 1.50. The summed E-state index contributed by atoms with van der Waals surface area (Å²) in [5.74, 6) is 3.00. The van der Waals surface area contributed by atoms with Crippen LogP contribution in [0.25, 0.3) is 0 Å². The van der Waals surface area contributed by atoms with Gasteiger partial charge in [0.25, 0.3) is 0 Å². The summed E-state index contributed by atoms with van der Waals surface area (Å²) in [5.41, 5.74) is -0.387. The van der Waals surface area contributed by atoms with E-state index in [9.17, 15) is 9.90 Å². The molecule has 0 bridgehead atoms. The van der Waals surface area contributed by atoms with Gasteiger partial charge in [-0.3, -0.25) is 0 Å². The van der Waals surface area contributed by atoms with Crippen LogP contribution >= 0.6 is 0 Å². The molecule has 0 unspecified atom stereocenters. The van der Waals surface area contributed by atoms with Crippen LogP contribution in [0.2, 0.25) is 0 Å². The fourth-order valence-corrected chi connectivity index (χ4v) is 1.23. The van der Waals surface area contributed by atoms with Crippen molar-refractivity contribution in [1.82, 2.24) is 0 Å². The van der Waals surface area contributed by atoms with Gasteiger partial charge in [-0.15, -0.1) is 0 Å². The molecule has 0 saturated carbocycles. The van der Waals surface area contributed by atoms with E-state index in [0.29, 0.717) is 6.42 Å². The topological polar surface area (TPSA) is 57.5 Å². The highest BCUT2D eigenvalue weighted by atomic mass is 16.4. The molecule has 0 heterocycles. The molecule has 0 aromatic heterocycles. The van der Waals surface area contributed by atoms with Gasteiger partial charge in [0, 0.05) is 12.3 Å². The molecule has 0 fully saturated rings. The van der Waals surface area contributed by atoms with Crippen LogP contribution < -0.4 is 0 Å². The standard InChI is InChI=1S/C12H12O3/c1-12(15,8-7-11(13)14)9-10-5-3-2-4-6-10/h2-6,15H,9H2,1H3,(H,13,14)/t12-/m1/s1. The van der Waals surface area contributed by atoms with Crippen molar-refractivity contribution in [2.24, 2.45) is 0 Å². The lowest BCUT2D eigenvalue weighted by Gasteiger charge is -2.15. The molecule has 0 aliphatic carbocycles. The summed E-state index contributed by atoms with van der Waals surface area (Å²) in [7, 11) is 0. The van der Waals surface area contributed by atoms with Gasteiger partial charge in [0.2, 0.25) is 0 Å². The number of benzene rings is 1. The number of aliphatic carboxylic acids is 1. The van der Waals surface area contributed by atoms with E-state index in [4.69, 9.17) is 5.11 Å². The first kappa shape index (κ1) is 11.3. The zero-order valence-corrected chi connectivity index (χ0v) is 8.40. The molecule has 0 aliphatic heterocycles. The van der Waals surface area contributed by atoms with Gasteiger partial charge in [-0.05, 0) is 12.5 Å². The Kier molecular flexibility index (Phi) is 3.48. The zero-order chi connectivity index (χ0) is 11.3. The Hall–Kier alpha value is -1.79. The van der Waals surface area contributed by atoms with Crippen molar-refractivity contribution in [3.63, 3.8) is 0 Å². The first-order valence-electron chi connectivity index (χ1n) is 4.52. The first-order valence-corrected chi connectivity index (χ1v) is 4.52. The molecule has 0 radical (unpaired) electrons. The normalized spacial score (nSPS) is 13.5. The predicted octanol–water partition coefficient (Wildman–Crippen LogP) is 1.07. The van der Waals surface area contributed by atoms with Gasteiger partial charge >= 0.3 is 5.97 Å². The summed E-state index contributed by atoms with van der Waals surface area (Å²) in [6.07, 6.45) is 0.314. The molecule has 0 aliphatic rings. The van der Waals surface area contributed by atoms with Crippen molar-refractivity contribution in [2.45, 2.75) is 18.9 Å². The van der Waals surface area contributed by atoms with Crippen molar-refractivity contribution in [1.29, 1.82) is 0 Å². The van der Waals surface area contributed by atoms with Crippen LogP contribution in [0.3, 0.4) is 0 Å². The number of carboxylic acids is 1. The van der Waals surface area contributed by atoms with Crippen molar-refractivity contribution in [3.05, 3.63) is 35.9 Å². The molecule has 1 atom stereocenters. The van der Waals surface area contributed by atoms with Crippen LogP contribution in [0.1, 0.15) is 12.5 Å². The number of aliphatic hydroxyl groups is 1. The third kappa shape index (κ3) is 4.30. The van der Waals surface area contributed by atoms with Gasteiger partial charge in [0.15, 0.2) is 0 Å². The SMILES string of the molecule is C[C@@](O)(C#CC(=O)O)Cc1ccccc1. The summed E-state index contributed by atoms with van der Waals surface area (Å²) in [6, 6.07) is 9.31. The lowest BCUT2D eigenvalue weighted by molar-refractivity contribution is -0.130. The molecule has 2 N–H and O–H groups in total. The maximum atomic E-state index is 10.2. The monoisotopic (exact) mass is 204 g/mol. The van der Waals surface area contributed by atoms with Crippen molar-refractivity contribution < 1.29 is 15.0 Å². The minimum Gasteiger partial charge on any atom is -0.472 e. The minimum absolute atomic E-state index is 0.314. The van der Waals surface area contributed by atoms with Crippen molar-refractivity contribution in [2.75, 3.05) is 0 Å². The number of rotatable bonds is 2. The fraction of sp³-hybridized carbons (Fsp3) is 0.250. The van der Waals surface area contributed by atoms with Gasteiger partial charge in [0.05, 0.1) is 0 Å². The second kappa shape index (κ2) is 4.63. The lowest BCUT2D eigenvalue weighted by atomic mass is 9.97. The molecular weight excluding hydrogens is 192 g/mol. The highest BCUT2D eigenvalue weighted by Crippen LogP contribution is 2.11. The third-order valence-corrected chi connectivity index (χ3v) is 1.83. The van der Waals surface area contributed by atoms with Gasteiger partial charge in [-0.25, -0.2) is 4.79 Å². The Labute approximate surface area is 88.4 Å². The Morgan fingerprint density at radius 1 is 1.40 bits per heavy atom. The first-order chi connectivity index (χ1) is 6.99. The van der Waals surface area contributed by atoms with Crippen LogP contribution in [0.5, 0.6) is 0 Å². The number of hydrogen-bond donors (Lipinski definition) is 2. The second-order valence-electron chi connectivity index (χ2n) is 3.49. The molecule has 1 rings (SSSR count). The molecule has 78 valence electrons. The smallest absolute Gasteiger partial charge is 0.382 e. The maximum absolute atomic E-state index is 10.2. The highest BCUT2D eigenvalue weighted by molar-refractivity contribution is 5.86. The van der Waals surface area contributed by atoms with Crippen LogP contribution in [-0.2, 0) is 11.2 Å². The molecule has 3 nitrogen and oxygen atoms in total. The minimum atomic E-state index is -1.31. The Morgan fingerprint density at radius 3 is 2.53 bits per heavy atom. The van der Waals surface area contributed by atoms with Gasteiger partial charge in [-0.2, -0.15) is 0 Å². The third-order valence-electron chi connectivity index (χ3n) is 1.83. The van der Waals surface area contributed by atoms with E-state index in [2.05, 4.69) is 5.92 Å². The molecule has 0 spiro atoms. The quantitative estimate of drug-likeness (QED) is 0.708. The molecule has 1 aromatic rings. The molecule has 3 heteroatoms. The molecule has 15 heavy (non-hydrogen) atoms. The summed E-state index contributed by atoms with van der Waals surface area (Å²) < 4.78 is 0. The van der Waals surface area contributed by atoms with E-state index in [1.165, 1.54) is 6.92 Å². The van der Waals surface area contributed by atoms with Crippen LogP contribution in [0.4, 0.5) is 0 Å². The fourth-order valence-electron chi connectivity index (χ4n) is 1.23. The molecule has 0 saturated heterocycles. The van der Waals surface area contributed by atoms with E-state index >= 15 is 0 Å². The van der Waals surface area contributed by atoms with Crippen LogP contribution in [-0.4, -0.2) is 21.8 Å². The second-order valence-corrected chi connectivity index (χ2v) is 3.49. The van der Waals surface area contributed by atoms with Crippen LogP contribution in [0.15, 0.2) is 30.3 Å². The predicted molar refractivity (Wildman–Crippen MR) is 56.2 cm³/mol. The van der Waals surface area contributed by atoms with E-state index in [0.717, 1.165) is 5.56 Å². The lowest BCUT2D eigenvalue weighted by Crippen LogP contribution is -2.25. The maximum Gasteiger partial charge on any atom is 0.382 e. The number of carboxylic acid groups (broad SMARTS) is 1. The molecular formula is C12H12O3. The van der Waals surface area contributed by atoms with Gasteiger partial charge in [-0.1, -0.05) is 36.3 Å². The average molecular weight is 204 g/mol. The summed E-state index contributed by atoms with van der Waals surface area (Å²) in [5, 5.41) is 18.1. The zero-order valence-electron chi connectivity index (χ0n) is 8.40. The summed E-state index contributed by atoms with van der Waals surface area (Å²) in [4.78, 5) is 10.2. The van der Waals surface area contributed by atoms with E-state index in [1.54, 1.807) is 0 Å². The Balaban J connectivity index is 2.74. The Morgan fingerprint density at radius 2 is 2.00 bits per heavy atom. The van der Waals surface area contributed by atoms with Crippen molar-refractivity contribution in [3.8, 4) is 11.8 Å².